The Hall–Kier alpha value is -1.85. The maximum Gasteiger partial charge on any atom is 0.232 e. The van der Waals surface area contributed by atoms with Crippen molar-refractivity contribution in [2.24, 2.45) is 5.92 Å². The second-order valence-corrected chi connectivity index (χ2v) is 8.96. The van der Waals surface area contributed by atoms with Crippen LogP contribution in [0.4, 0.5) is 5.13 Å². The number of fused-ring (bicyclic) bond motifs is 1. The average molecular weight is 397 g/mol. The van der Waals surface area contributed by atoms with Gasteiger partial charge in [0.1, 0.15) is 0 Å². The van der Waals surface area contributed by atoms with Crippen LogP contribution in [0.1, 0.15) is 37.7 Å². The van der Waals surface area contributed by atoms with Crippen molar-refractivity contribution in [2.45, 2.75) is 43.5 Å². The van der Waals surface area contributed by atoms with Crippen LogP contribution in [0.3, 0.4) is 0 Å². The van der Waals surface area contributed by atoms with Crippen molar-refractivity contribution in [1.29, 1.82) is 0 Å². The molecule has 1 amide bonds. The van der Waals surface area contributed by atoms with E-state index in [1.54, 1.807) is 23.1 Å². The fourth-order valence-corrected chi connectivity index (χ4v) is 5.23. The van der Waals surface area contributed by atoms with Crippen molar-refractivity contribution in [2.75, 3.05) is 11.2 Å². The van der Waals surface area contributed by atoms with Crippen LogP contribution < -0.4 is 4.90 Å². The Morgan fingerprint density at radius 3 is 2.67 bits per heavy atom. The molecule has 140 valence electrons. The van der Waals surface area contributed by atoms with Crippen molar-refractivity contribution < 1.29 is 4.79 Å². The van der Waals surface area contributed by atoms with Crippen LogP contribution in [0.25, 0.3) is 10.2 Å². The number of amides is 1. The minimum absolute atomic E-state index is 0.135. The minimum Gasteiger partial charge on any atom is -0.283 e. The second-order valence-electron chi connectivity index (χ2n) is 7.08. The zero-order chi connectivity index (χ0) is 18.6. The molecule has 27 heavy (non-hydrogen) atoms. The van der Waals surface area contributed by atoms with E-state index in [0.717, 1.165) is 46.6 Å². The number of carbonyl (C=O) groups excluding carboxylic acids is 1. The topological polar surface area (TPSA) is 33.2 Å². The first kappa shape index (κ1) is 18.5. The quantitative estimate of drug-likeness (QED) is 0.486. The molecule has 1 aliphatic carbocycles. The van der Waals surface area contributed by atoms with Gasteiger partial charge in [-0.25, -0.2) is 4.98 Å². The van der Waals surface area contributed by atoms with Gasteiger partial charge in [0.25, 0.3) is 0 Å². The molecule has 4 rings (SSSR count). The van der Waals surface area contributed by atoms with Gasteiger partial charge < -0.3 is 0 Å². The summed E-state index contributed by atoms with van der Waals surface area (Å²) in [6.07, 6.45) is 7.66. The Morgan fingerprint density at radius 2 is 1.93 bits per heavy atom. The summed E-state index contributed by atoms with van der Waals surface area (Å²) in [5, 5.41) is 0.822. The van der Waals surface area contributed by atoms with E-state index in [2.05, 4.69) is 36.6 Å². The van der Waals surface area contributed by atoms with Crippen LogP contribution in [-0.4, -0.2) is 17.1 Å². The summed E-state index contributed by atoms with van der Waals surface area (Å²) < 4.78 is 1.14. The van der Waals surface area contributed by atoms with Gasteiger partial charge >= 0.3 is 0 Å². The number of nitrogens with zero attached hydrogens (tertiary/aromatic N) is 2. The number of carbonyl (C=O) groups is 1. The molecular weight excluding hydrogens is 372 g/mol. The number of aromatic nitrogens is 1. The number of anilines is 1. The van der Waals surface area contributed by atoms with Crippen molar-refractivity contribution in [3.8, 4) is 0 Å². The molecule has 1 aromatic heterocycles. The Balaban J connectivity index is 1.69. The van der Waals surface area contributed by atoms with E-state index in [-0.39, 0.29) is 11.8 Å². The molecule has 3 nitrogen and oxygen atoms in total. The predicted molar refractivity (Wildman–Crippen MR) is 116 cm³/mol. The molecular formula is C22H24N2OS2. The van der Waals surface area contributed by atoms with Crippen LogP contribution in [0.5, 0.6) is 0 Å². The molecule has 1 saturated carbocycles. The molecule has 5 heteroatoms. The molecule has 3 aromatic rings. The number of thiazole rings is 1. The molecule has 2 aromatic carbocycles. The molecule has 0 bridgehead atoms. The van der Waals surface area contributed by atoms with Crippen molar-refractivity contribution >= 4 is 44.4 Å². The predicted octanol–water partition coefficient (Wildman–Crippen LogP) is 6.13. The monoisotopic (exact) mass is 396 g/mol. The number of benzene rings is 2. The molecule has 0 aliphatic heterocycles. The number of hydrogen-bond acceptors (Lipinski definition) is 4. The van der Waals surface area contributed by atoms with Gasteiger partial charge in [0.05, 0.1) is 16.8 Å². The summed E-state index contributed by atoms with van der Waals surface area (Å²) in [7, 11) is 0. The average Bonchev–Trinajstić information content (AvgIpc) is 3.15. The second kappa shape index (κ2) is 8.44. The van der Waals surface area contributed by atoms with E-state index in [9.17, 15) is 4.79 Å². The van der Waals surface area contributed by atoms with Gasteiger partial charge in [-0.15, -0.1) is 11.8 Å². The first-order chi connectivity index (χ1) is 13.2. The third-order valence-electron chi connectivity index (χ3n) is 5.22. The normalized spacial score (nSPS) is 15.1. The van der Waals surface area contributed by atoms with Gasteiger partial charge in [0, 0.05) is 10.8 Å². The summed E-state index contributed by atoms with van der Waals surface area (Å²) in [5.41, 5.74) is 2.12. The van der Waals surface area contributed by atoms with E-state index < -0.39 is 0 Å². The van der Waals surface area contributed by atoms with E-state index in [1.165, 1.54) is 11.3 Å². The maximum absolute atomic E-state index is 13.4. The Labute approximate surface area is 168 Å². The lowest BCUT2D eigenvalue weighted by molar-refractivity contribution is -0.123. The van der Waals surface area contributed by atoms with Gasteiger partial charge in [-0.05, 0) is 42.9 Å². The molecule has 1 heterocycles. The molecule has 0 saturated heterocycles. The molecule has 0 spiro atoms. The summed E-state index contributed by atoms with van der Waals surface area (Å²) in [4.78, 5) is 21.4. The summed E-state index contributed by atoms with van der Waals surface area (Å²) in [6, 6.07) is 16.6. The minimum atomic E-state index is 0.135. The van der Waals surface area contributed by atoms with Crippen LogP contribution in [0.2, 0.25) is 0 Å². The van der Waals surface area contributed by atoms with Crippen molar-refractivity contribution in [3.05, 3.63) is 54.1 Å². The highest BCUT2D eigenvalue weighted by Crippen LogP contribution is 2.34. The molecule has 0 unspecified atom stereocenters. The van der Waals surface area contributed by atoms with Gasteiger partial charge in [-0.2, -0.15) is 0 Å². The van der Waals surface area contributed by atoms with E-state index in [4.69, 9.17) is 4.98 Å². The molecule has 1 fully saturated rings. The third kappa shape index (κ3) is 4.19. The third-order valence-corrected chi connectivity index (χ3v) is 6.99. The van der Waals surface area contributed by atoms with Crippen molar-refractivity contribution in [1.82, 2.24) is 4.98 Å². The molecule has 0 radical (unpaired) electrons. The van der Waals surface area contributed by atoms with E-state index in [1.807, 2.05) is 23.1 Å². The highest BCUT2D eigenvalue weighted by Gasteiger charge is 2.28. The Kier molecular flexibility index (Phi) is 5.79. The largest absolute Gasteiger partial charge is 0.283 e. The zero-order valence-corrected chi connectivity index (χ0v) is 17.2. The van der Waals surface area contributed by atoms with Gasteiger partial charge in [0.15, 0.2) is 5.13 Å². The number of thioether (sulfide) groups is 1. The maximum atomic E-state index is 13.4. The highest BCUT2D eigenvalue weighted by molar-refractivity contribution is 7.98. The SMILES string of the molecule is CSc1ccc2nc(N(Cc3ccccc3)C(=O)C3CCCCC3)sc2c1. The molecule has 0 atom stereocenters. The van der Waals surface area contributed by atoms with Crippen LogP contribution in [-0.2, 0) is 11.3 Å². The van der Waals surface area contributed by atoms with Crippen LogP contribution in [0.15, 0.2) is 53.4 Å². The van der Waals surface area contributed by atoms with E-state index in [0.29, 0.717) is 6.54 Å². The molecule has 0 N–H and O–H groups in total. The summed E-state index contributed by atoms with van der Waals surface area (Å²) in [6.45, 7) is 0.589. The first-order valence-electron chi connectivity index (χ1n) is 9.54. The smallest absolute Gasteiger partial charge is 0.232 e. The van der Waals surface area contributed by atoms with Crippen molar-refractivity contribution in [3.63, 3.8) is 0 Å². The van der Waals surface area contributed by atoms with E-state index >= 15 is 0 Å². The Morgan fingerprint density at radius 1 is 1.15 bits per heavy atom. The lowest BCUT2D eigenvalue weighted by Crippen LogP contribution is -2.36. The Bertz CT molecular complexity index is 916. The van der Waals surface area contributed by atoms with Gasteiger partial charge in [-0.3, -0.25) is 9.69 Å². The molecule has 1 aliphatic rings. The number of hydrogen-bond donors (Lipinski definition) is 0. The lowest BCUT2D eigenvalue weighted by atomic mass is 9.88. The first-order valence-corrected chi connectivity index (χ1v) is 11.6. The highest BCUT2D eigenvalue weighted by atomic mass is 32.2. The van der Waals surface area contributed by atoms with Crippen LogP contribution in [0, 0.1) is 5.92 Å². The lowest BCUT2D eigenvalue weighted by Gasteiger charge is -2.27. The summed E-state index contributed by atoms with van der Waals surface area (Å²) in [5.74, 6) is 0.374. The van der Waals surface area contributed by atoms with Gasteiger partial charge in [0.2, 0.25) is 5.91 Å². The summed E-state index contributed by atoms with van der Waals surface area (Å²) >= 11 is 3.36. The van der Waals surface area contributed by atoms with Gasteiger partial charge in [-0.1, -0.05) is 60.9 Å². The fourth-order valence-electron chi connectivity index (χ4n) is 3.71. The van der Waals surface area contributed by atoms with Crippen LogP contribution >= 0.6 is 23.1 Å². The number of rotatable bonds is 5. The zero-order valence-electron chi connectivity index (χ0n) is 15.6. The standard InChI is InChI=1S/C22H24N2OS2/c1-26-18-12-13-19-20(14-18)27-22(23-19)24(15-16-8-4-2-5-9-16)21(25)17-10-6-3-7-11-17/h2,4-5,8-9,12-14,17H,3,6-7,10-11,15H2,1H3. The fraction of sp³-hybridized carbons (Fsp3) is 0.364.